The number of anilines is 2. The first-order valence-corrected chi connectivity index (χ1v) is 10.8. The van der Waals surface area contributed by atoms with Crippen LogP contribution in [0.4, 0.5) is 11.4 Å². The van der Waals surface area contributed by atoms with E-state index in [1.807, 2.05) is 0 Å². The van der Waals surface area contributed by atoms with E-state index in [4.69, 9.17) is 23.2 Å². The molecule has 0 radical (unpaired) electrons. The summed E-state index contributed by atoms with van der Waals surface area (Å²) in [4.78, 5) is 12.8. The topological polar surface area (TPSA) is 66.5 Å². The molecule has 0 atom stereocenters. The van der Waals surface area contributed by atoms with Gasteiger partial charge in [-0.25, -0.2) is 8.42 Å². The second-order valence-electron chi connectivity index (χ2n) is 6.34. The molecule has 0 spiro atoms. The van der Waals surface area contributed by atoms with Crippen molar-refractivity contribution in [2.75, 3.05) is 16.7 Å². The molecule has 5 nitrogen and oxygen atoms in total. The van der Waals surface area contributed by atoms with Crippen LogP contribution >= 0.6 is 23.2 Å². The second kappa shape index (κ2) is 8.45. The third kappa shape index (κ3) is 4.40. The predicted octanol–water partition coefficient (Wildman–Crippen LogP) is 5.38. The minimum Gasteiger partial charge on any atom is -0.321 e. The quantitative estimate of drug-likeness (QED) is 0.569. The lowest BCUT2D eigenvalue weighted by Crippen LogP contribution is -2.27. The summed E-state index contributed by atoms with van der Waals surface area (Å²) in [5.41, 5.74) is 1.88. The Bertz CT molecular complexity index is 1170. The Morgan fingerprint density at radius 2 is 1.66 bits per heavy atom. The maximum Gasteiger partial charge on any atom is 0.264 e. The molecule has 0 saturated heterocycles. The molecule has 150 valence electrons. The summed E-state index contributed by atoms with van der Waals surface area (Å²) in [5.74, 6) is -0.377. The van der Waals surface area contributed by atoms with Crippen LogP contribution in [0.2, 0.25) is 10.0 Å². The number of carbonyl (C=O) groups is 1. The van der Waals surface area contributed by atoms with Crippen LogP contribution in [0.5, 0.6) is 0 Å². The van der Waals surface area contributed by atoms with Crippen molar-refractivity contribution in [2.45, 2.75) is 11.8 Å². The number of rotatable bonds is 5. The second-order valence-corrected chi connectivity index (χ2v) is 9.10. The van der Waals surface area contributed by atoms with E-state index in [9.17, 15) is 13.2 Å². The summed E-state index contributed by atoms with van der Waals surface area (Å²) in [6.45, 7) is 1.75. The molecule has 0 bridgehead atoms. The summed E-state index contributed by atoms with van der Waals surface area (Å²) < 4.78 is 26.9. The Kier molecular flexibility index (Phi) is 6.17. The minimum absolute atomic E-state index is 0.194. The van der Waals surface area contributed by atoms with Gasteiger partial charge in [0.2, 0.25) is 0 Å². The van der Waals surface area contributed by atoms with Crippen LogP contribution in [0.15, 0.2) is 71.6 Å². The van der Waals surface area contributed by atoms with Crippen molar-refractivity contribution in [3.8, 4) is 0 Å². The molecule has 0 aliphatic rings. The van der Waals surface area contributed by atoms with Gasteiger partial charge in [-0.3, -0.25) is 9.10 Å². The first kappa shape index (κ1) is 21.2. The third-order valence-corrected chi connectivity index (χ3v) is 7.00. The van der Waals surface area contributed by atoms with Crippen molar-refractivity contribution in [1.29, 1.82) is 0 Å². The van der Waals surface area contributed by atoms with E-state index in [2.05, 4.69) is 5.32 Å². The fourth-order valence-corrected chi connectivity index (χ4v) is 4.45. The molecule has 1 amide bonds. The van der Waals surface area contributed by atoms with Crippen LogP contribution in [0.1, 0.15) is 15.9 Å². The zero-order valence-electron chi connectivity index (χ0n) is 15.7. The van der Waals surface area contributed by atoms with Crippen LogP contribution in [-0.2, 0) is 10.0 Å². The van der Waals surface area contributed by atoms with Crippen LogP contribution in [0, 0.1) is 6.92 Å². The van der Waals surface area contributed by atoms with Gasteiger partial charge < -0.3 is 5.32 Å². The Morgan fingerprint density at radius 3 is 2.31 bits per heavy atom. The Morgan fingerprint density at radius 1 is 0.966 bits per heavy atom. The maximum atomic E-state index is 12.8. The molecule has 0 heterocycles. The largest absolute Gasteiger partial charge is 0.321 e. The van der Waals surface area contributed by atoms with Gasteiger partial charge in [-0.05, 0) is 55.0 Å². The van der Waals surface area contributed by atoms with Crippen molar-refractivity contribution >= 4 is 50.5 Å². The molecule has 0 aliphatic carbocycles. The van der Waals surface area contributed by atoms with Crippen LogP contribution in [0.25, 0.3) is 0 Å². The van der Waals surface area contributed by atoms with Gasteiger partial charge in [0.1, 0.15) is 0 Å². The lowest BCUT2D eigenvalue weighted by molar-refractivity contribution is 0.102. The lowest BCUT2D eigenvalue weighted by atomic mass is 10.1. The fraction of sp³-hybridized carbons (Fsp3) is 0.0952. The summed E-state index contributed by atoms with van der Waals surface area (Å²) in [7, 11) is -2.22. The molecule has 29 heavy (non-hydrogen) atoms. The zero-order chi connectivity index (χ0) is 21.2. The van der Waals surface area contributed by atoms with E-state index in [1.165, 1.54) is 23.5 Å². The number of nitrogens with zero attached hydrogens (tertiary/aromatic N) is 1. The summed E-state index contributed by atoms with van der Waals surface area (Å²) in [6, 6.07) is 17.9. The molecule has 3 aromatic carbocycles. The first-order valence-electron chi connectivity index (χ1n) is 8.62. The van der Waals surface area contributed by atoms with Gasteiger partial charge in [-0.2, -0.15) is 0 Å². The predicted molar refractivity (Wildman–Crippen MR) is 118 cm³/mol. The van der Waals surface area contributed by atoms with E-state index in [0.29, 0.717) is 27.5 Å². The van der Waals surface area contributed by atoms with E-state index < -0.39 is 10.0 Å². The average molecular weight is 449 g/mol. The number of benzene rings is 3. The molecule has 0 fully saturated rings. The number of carbonyl (C=O) groups excluding carboxylic acids is 1. The number of hydrogen-bond donors (Lipinski definition) is 1. The molecule has 3 rings (SSSR count). The molecule has 0 saturated carbocycles. The van der Waals surface area contributed by atoms with Gasteiger partial charge in [0.05, 0.1) is 26.3 Å². The van der Waals surface area contributed by atoms with E-state index in [-0.39, 0.29) is 15.8 Å². The minimum atomic E-state index is -3.71. The summed E-state index contributed by atoms with van der Waals surface area (Å²) >= 11 is 12.1. The van der Waals surface area contributed by atoms with Crippen molar-refractivity contribution in [3.63, 3.8) is 0 Å². The molecular weight excluding hydrogens is 431 g/mol. The number of amides is 1. The van der Waals surface area contributed by atoms with Crippen LogP contribution in [-0.4, -0.2) is 21.4 Å². The van der Waals surface area contributed by atoms with Gasteiger partial charge in [0, 0.05) is 12.6 Å². The molecule has 0 aliphatic heterocycles. The highest BCUT2D eigenvalue weighted by Crippen LogP contribution is 2.30. The highest BCUT2D eigenvalue weighted by molar-refractivity contribution is 7.92. The normalized spacial score (nSPS) is 11.2. The van der Waals surface area contributed by atoms with E-state index in [0.717, 1.165) is 0 Å². The average Bonchev–Trinajstić information content (AvgIpc) is 2.71. The number of hydrogen-bond acceptors (Lipinski definition) is 3. The number of nitrogens with one attached hydrogen (secondary N) is 1. The molecule has 3 aromatic rings. The molecule has 0 aromatic heterocycles. The fourth-order valence-electron chi connectivity index (χ4n) is 2.82. The lowest BCUT2D eigenvalue weighted by Gasteiger charge is -2.22. The van der Waals surface area contributed by atoms with Crippen molar-refractivity contribution in [3.05, 3.63) is 87.9 Å². The molecule has 1 N–H and O–H groups in total. The maximum absolute atomic E-state index is 12.8. The van der Waals surface area contributed by atoms with Gasteiger partial charge in [-0.15, -0.1) is 0 Å². The molecule has 0 unspecified atom stereocenters. The van der Waals surface area contributed by atoms with Crippen LogP contribution in [0.3, 0.4) is 0 Å². The highest BCUT2D eigenvalue weighted by atomic mass is 35.5. The third-order valence-electron chi connectivity index (χ3n) is 4.40. The Hall–Kier alpha value is -2.54. The Balaban J connectivity index is 1.86. The van der Waals surface area contributed by atoms with Gasteiger partial charge in [0.25, 0.3) is 15.9 Å². The van der Waals surface area contributed by atoms with E-state index in [1.54, 1.807) is 61.5 Å². The summed E-state index contributed by atoms with van der Waals surface area (Å²) in [5, 5.41) is 3.30. The Labute approximate surface area is 179 Å². The van der Waals surface area contributed by atoms with Crippen molar-refractivity contribution in [1.82, 2.24) is 0 Å². The molecule has 8 heteroatoms. The number of sulfonamides is 1. The zero-order valence-corrected chi connectivity index (χ0v) is 18.0. The molecular formula is C21H18Cl2N2O3S. The monoisotopic (exact) mass is 448 g/mol. The van der Waals surface area contributed by atoms with Gasteiger partial charge >= 0.3 is 0 Å². The van der Waals surface area contributed by atoms with Crippen molar-refractivity contribution in [2.24, 2.45) is 0 Å². The number of aryl methyl sites for hydroxylation is 1. The highest BCUT2D eigenvalue weighted by Gasteiger charge is 2.22. The first-order chi connectivity index (χ1) is 13.7. The smallest absolute Gasteiger partial charge is 0.264 e. The SMILES string of the molecule is Cc1cc(C(=O)Nc2cccc(Cl)c2Cl)ccc1N(C)S(=O)(=O)c1ccccc1. The standard InChI is InChI=1S/C21H18Cl2N2O3S/c1-14-13-15(21(26)24-18-10-6-9-17(22)20(18)23)11-12-19(14)25(2)29(27,28)16-7-4-3-5-8-16/h3-13H,1-2H3,(H,24,26). The number of halogens is 2. The van der Waals surface area contributed by atoms with Gasteiger partial charge in [-0.1, -0.05) is 47.5 Å². The van der Waals surface area contributed by atoms with Gasteiger partial charge in [0.15, 0.2) is 0 Å². The summed E-state index contributed by atoms with van der Waals surface area (Å²) in [6.07, 6.45) is 0. The van der Waals surface area contributed by atoms with E-state index >= 15 is 0 Å². The van der Waals surface area contributed by atoms with Crippen LogP contribution < -0.4 is 9.62 Å². The van der Waals surface area contributed by atoms with Crippen molar-refractivity contribution < 1.29 is 13.2 Å².